The number of aliphatic hydroxyl groups excluding tert-OH is 2. The van der Waals surface area contributed by atoms with Crippen molar-refractivity contribution in [2.45, 2.75) is 30.8 Å². The van der Waals surface area contributed by atoms with Gasteiger partial charge in [0.15, 0.2) is 0 Å². The van der Waals surface area contributed by atoms with Crippen LogP contribution in [0.25, 0.3) is 21.3 Å². The van der Waals surface area contributed by atoms with Crippen LogP contribution in [0.5, 0.6) is 0 Å². The van der Waals surface area contributed by atoms with E-state index in [0.29, 0.717) is 21.6 Å². The third-order valence-corrected chi connectivity index (χ3v) is 4.94. The molecule has 3 heterocycles. The van der Waals surface area contributed by atoms with Crippen LogP contribution in [0.15, 0.2) is 16.8 Å². The van der Waals surface area contributed by atoms with Crippen LogP contribution in [0.3, 0.4) is 0 Å². The Bertz CT molecular complexity index is 760. The molecule has 3 rings (SSSR count). The first-order valence-electron chi connectivity index (χ1n) is 6.51. The Morgan fingerprint density at radius 3 is 3.05 bits per heavy atom. The van der Waals surface area contributed by atoms with Crippen molar-refractivity contribution in [3.05, 3.63) is 27.0 Å². The first-order valence-corrected chi connectivity index (χ1v) is 7.39. The second-order valence-electron chi connectivity index (χ2n) is 5.22. The van der Waals surface area contributed by atoms with Gasteiger partial charge in [0, 0.05) is 10.3 Å². The van der Waals surface area contributed by atoms with Crippen LogP contribution in [0.2, 0.25) is 0 Å². The molecule has 0 bridgehead atoms. The van der Waals surface area contributed by atoms with Gasteiger partial charge in [-0.15, -0.1) is 11.3 Å². The molecule has 0 aromatic carbocycles. The summed E-state index contributed by atoms with van der Waals surface area (Å²) in [4.78, 5) is 11.6. The number of aromatic nitrogens is 2. The van der Waals surface area contributed by atoms with E-state index in [-0.39, 0.29) is 6.61 Å². The first kappa shape index (κ1) is 14.9. The van der Waals surface area contributed by atoms with Crippen molar-refractivity contribution < 1.29 is 14.9 Å². The van der Waals surface area contributed by atoms with Crippen LogP contribution in [-0.4, -0.2) is 44.5 Å². The van der Waals surface area contributed by atoms with E-state index >= 15 is 0 Å². The van der Waals surface area contributed by atoms with Gasteiger partial charge in [-0.2, -0.15) is 0 Å². The summed E-state index contributed by atoms with van der Waals surface area (Å²) in [6.45, 7) is 1.21. The summed E-state index contributed by atoms with van der Waals surface area (Å²) in [6, 6.07) is 0. The van der Waals surface area contributed by atoms with Crippen LogP contribution >= 0.6 is 11.3 Å². The number of hydrogen-bond donors (Lipinski definition) is 3. The number of hydrogen-bond acceptors (Lipinski definition) is 8. The number of nitrogens with two attached hydrogens (primary N) is 1. The highest BCUT2D eigenvalue weighted by Gasteiger charge is 2.54. The predicted molar refractivity (Wildman–Crippen MR) is 80.1 cm³/mol. The van der Waals surface area contributed by atoms with Gasteiger partial charge in [-0.1, -0.05) is 5.11 Å². The maximum Gasteiger partial charge on any atom is 0.135 e. The highest BCUT2D eigenvalue weighted by Crippen LogP contribution is 2.48. The maximum atomic E-state index is 10.3. The molecule has 1 aliphatic rings. The SMILES string of the molecule is C[C@@]1(N=[N+]=[N-])[C@H](O)[C@@H](CO)O[C@H]1c1scc2c(N)ncnc12. The van der Waals surface area contributed by atoms with Crippen molar-refractivity contribution in [2.75, 3.05) is 12.3 Å². The largest absolute Gasteiger partial charge is 0.394 e. The summed E-state index contributed by atoms with van der Waals surface area (Å²) in [5, 5.41) is 25.9. The molecule has 2 aromatic rings. The van der Waals surface area contributed by atoms with Gasteiger partial charge in [0.25, 0.3) is 0 Å². The number of rotatable bonds is 3. The molecule has 0 radical (unpaired) electrons. The van der Waals surface area contributed by atoms with Crippen molar-refractivity contribution >= 4 is 28.1 Å². The van der Waals surface area contributed by atoms with Crippen molar-refractivity contribution in [2.24, 2.45) is 5.11 Å². The molecule has 10 heteroatoms. The molecular formula is C12H14N6O3S. The molecule has 0 unspecified atom stereocenters. The summed E-state index contributed by atoms with van der Waals surface area (Å²) in [6.07, 6.45) is -1.35. The van der Waals surface area contributed by atoms with Crippen LogP contribution in [0.1, 0.15) is 17.9 Å². The Morgan fingerprint density at radius 1 is 1.59 bits per heavy atom. The lowest BCUT2D eigenvalue weighted by molar-refractivity contribution is -0.0214. The van der Waals surface area contributed by atoms with Crippen molar-refractivity contribution in [3.63, 3.8) is 0 Å². The zero-order chi connectivity index (χ0) is 15.9. The van der Waals surface area contributed by atoms with Gasteiger partial charge in [0.1, 0.15) is 29.9 Å². The molecule has 2 aromatic heterocycles. The summed E-state index contributed by atoms with van der Waals surface area (Å²) < 4.78 is 5.73. The van der Waals surface area contributed by atoms with Gasteiger partial charge < -0.3 is 20.7 Å². The van der Waals surface area contributed by atoms with Crippen molar-refractivity contribution in [1.82, 2.24) is 9.97 Å². The van der Waals surface area contributed by atoms with E-state index in [1.54, 1.807) is 12.3 Å². The molecule has 0 spiro atoms. The Balaban J connectivity index is 2.16. The number of nitrogens with zero attached hydrogens (tertiary/aromatic N) is 5. The highest BCUT2D eigenvalue weighted by molar-refractivity contribution is 7.11. The molecule has 0 saturated carbocycles. The fourth-order valence-corrected chi connectivity index (χ4v) is 3.85. The number of ether oxygens (including phenoxy) is 1. The Hall–Kier alpha value is -1.97. The molecule has 1 aliphatic heterocycles. The smallest absolute Gasteiger partial charge is 0.135 e. The molecule has 4 N–H and O–H groups in total. The maximum absolute atomic E-state index is 10.3. The Morgan fingerprint density at radius 2 is 2.36 bits per heavy atom. The minimum absolute atomic E-state index is 0.343. The molecule has 0 amide bonds. The zero-order valence-corrected chi connectivity index (χ0v) is 12.4. The lowest BCUT2D eigenvalue weighted by Gasteiger charge is -2.26. The second-order valence-corrected chi connectivity index (χ2v) is 6.13. The summed E-state index contributed by atoms with van der Waals surface area (Å²) >= 11 is 1.33. The number of azide groups is 1. The fourth-order valence-electron chi connectivity index (χ4n) is 2.68. The van der Waals surface area contributed by atoms with Gasteiger partial charge in [-0.25, -0.2) is 9.97 Å². The van der Waals surface area contributed by atoms with Gasteiger partial charge in [0.2, 0.25) is 0 Å². The van der Waals surface area contributed by atoms with E-state index in [4.69, 9.17) is 16.0 Å². The van der Waals surface area contributed by atoms with Gasteiger partial charge in [-0.3, -0.25) is 0 Å². The van der Waals surface area contributed by atoms with Crippen LogP contribution in [-0.2, 0) is 4.74 Å². The number of aliphatic hydroxyl groups is 2. The van der Waals surface area contributed by atoms with Gasteiger partial charge >= 0.3 is 0 Å². The standard InChI is InChI=1S/C12H14N6O3S/c1-12(17-18-14)9(20)6(2-19)21-10(12)8-7-5(3-22-8)11(13)16-4-15-7/h3-4,6,9-10,19-20H,2H2,1H3,(H2,13,15,16)/t6-,9-,10+,12-/m1/s1. The van der Waals surface area contributed by atoms with Crippen LogP contribution in [0.4, 0.5) is 5.82 Å². The Labute approximate surface area is 129 Å². The van der Waals surface area contributed by atoms with Crippen LogP contribution in [0, 0.1) is 0 Å². The van der Waals surface area contributed by atoms with E-state index in [9.17, 15) is 10.2 Å². The monoisotopic (exact) mass is 322 g/mol. The van der Waals surface area contributed by atoms with Gasteiger partial charge in [-0.05, 0) is 12.5 Å². The molecular weight excluding hydrogens is 308 g/mol. The van der Waals surface area contributed by atoms with E-state index < -0.39 is 23.9 Å². The van der Waals surface area contributed by atoms with Gasteiger partial charge in [0.05, 0.1) is 28.5 Å². The zero-order valence-electron chi connectivity index (χ0n) is 11.6. The number of nitrogen functional groups attached to an aromatic ring is 1. The van der Waals surface area contributed by atoms with Crippen LogP contribution < -0.4 is 5.73 Å². The minimum Gasteiger partial charge on any atom is -0.394 e. The molecule has 4 atom stereocenters. The topological polar surface area (TPSA) is 150 Å². The Kier molecular flexibility index (Phi) is 3.63. The molecule has 1 fully saturated rings. The van der Waals surface area contributed by atoms with E-state index in [1.807, 2.05) is 0 Å². The quantitative estimate of drug-likeness (QED) is 0.438. The summed E-state index contributed by atoms with van der Waals surface area (Å²) in [7, 11) is 0. The van der Waals surface area contributed by atoms with E-state index in [2.05, 4.69) is 20.0 Å². The first-order chi connectivity index (χ1) is 10.5. The minimum atomic E-state index is -1.25. The normalized spacial score (nSPS) is 31.3. The molecule has 22 heavy (non-hydrogen) atoms. The third kappa shape index (κ3) is 2.01. The number of thiophene rings is 1. The lowest BCUT2D eigenvalue weighted by atomic mass is 9.88. The second kappa shape index (κ2) is 5.34. The van der Waals surface area contributed by atoms with E-state index in [1.165, 1.54) is 17.7 Å². The van der Waals surface area contributed by atoms with Crippen molar-refractivity contribution in [1.29, 1.82) is 0 Å². The molecule has 1 saturated heterocycles. The molecule has 0 aliphatic carbocycles. The lowest BCUT2D eigenvalue weighted by Crippen LogP contribution is -2.41. The number of fused-ring (bicyclic) bond motifs is 1. The summed E-state index contributed by atoms with van der Waals surface area (Å²) in [5.41, 5.74) is 14.0. The fraction of sp³-hybridized carbons (Fsp3) is 0.500. The van der Waals surface area contributed by atoms with E-state index in [0.717, 1.165) is 0 Å². The molecule has 9 nitrogen and oxygen atoms in total. The average Bonchev–Trinajstić information content (AvgIpc) is 3.02. The highest BCUT2D eigenvalue weighted by atomic mass is 32.1. The van der Waals surface area contributed by atoms with Crippen molar-refractivity contribution in [3.8, 4) is 0 Å². The summed E-state index contributed by atoms with van der Waals surface area (Å²) in [5.74, 6) is 0.343. The predicted octanol–water partition coefficient (Wildman–Crippen LogP) is 1.14. The third-order valence-electron chi connectivity index (χ3n) is 3.92. The number of anilines is 1. The average molecular weight is 322 g/mol. The molecule has 116 valence electrons.